The lowest BCUT2D eigenvalue weighted by molar-refractivity contribution is -0.134. The molecule has 0 aliphatic carbocycles. The third kappa shape index (κ3) is 3.49. The van der Waals surface area contributed by atoms with Crippen LogP contribution in [0, 0.1) is 0 Å². The fourth-order valence-corrected chi connectivity index (χ4v) is 2.95. The molecule has 1 aliphatic heterocycles. The second-order valence-electron chi connectivity index (χ2n) is 6.42. The van der Waals surface area contributed by atoms with Crippen molar-refractivity contribution in [3.05, 3.63) is 48.3 Å². The quantitative estimate of drug-likeness (QED) is 0.906. The smallest absolute Gasteiger partial charge is 0.240 e. The van der Waals surface area contributed by atoms with Gasteiger partial charge in [0, 0.05) is 32.0 Å². The van der Waals surface area contributed by atoms with Crippen LogP contribution in [0.2, 0.25) is 0 Å². The average molecular weight is 328 g/mol. The predicted octanol–water partition coefficient (Wildman–Crippen LogP) is 1.60. The van der Waals surface area contributed by atoms with Crippen LogP contribution in [0.25, 0.3) is 5.69 Å². The molecular weight excluding hydrogens is 304 g/mol. The predicted molar refractivity (Wildman–Crippen MR) is 91.9 cm³/mol. The van der Waals surface area contributed by atoms with Gasteiger partial charge in [-0.05, 0) is 31.5 Å². The lowest BCUT2D eigenvalue weighted by Crippen LogP contribution is -2.57. The molecule has 1 aromatic heterocycles. The van der Waals surface area contributed by atoms with Crippen LogP contribution in [0.1, 0.15) is 19.4 Å². The molecule has 1 aliphatic rings. The van der Waals surface area contributed by atoms with E-state index in [0.29, 0.717) is 19.8 Å². The van der Waals surface area contributed by atoms with E-state index in [-0.39, 0.29) is 5.91 Å². The third-order valence-corrected chi connectivity index (χ3v) is 4.54. The largest absolute Gasteiger partial charge is 0.379 e. The van der Waals surface area contributed by atoms with Crippen LogP contribution in [0.15, 0.2) is 42.7 Å². The van der Waals surface area contributed by atoms with E-state index in [1.165, 1.54) is 0 Å². The Bertz CT molecular complexity index is 676. The summed E-state index contributed by atoms with van der Waals surface area (Å²) in [5.74, 6) is 0.0275. The number of nitrogens with one attached hydrogen (secondary N) is 1. The maximum atomic E-state index is 12.7. The molecule has 0 saturated carbocycles. The monoisotopic (exact) mass is 328 g/mol. The molecule has 0 radical (unpaired) electrons. The van der Waals surface area contributed by atoms with Gasteiger partial charge in [0.1, 0.15) is 0 Å². The lowest BCUT2D eigenvalue weighted by atomic mass is 10.0. The van der Waals surface area contributed by atoms with Gasteiger partial charge in [0.05, 0.1) is 24.4 Å². The van der Waals surface area contributed by atoms with E-state index in [4.69, 9.17) is 4.74 Å². The van der Waals surface area contributed by atoms with Gasteiger partial charge in [0.25, 0.3) is 0 Å². The fourth-order valence-electron chi connectivity index (χ4n) is 2.95. The molecule has 0 bridgehead atoms. The highest BCUT2D eigenvalue weighted by Gasteiger charge is 2.35. The number of amides is 1. The van der Waals surface area contributed by atoms with Gasteiger partial charge in [-0.15, -0.1) is 0 Å². The Morgan fingerprint density at radius 1 is 1.25 bits per heavy atom. The number of morpholine rings is 1. The maximum absolute atomic E-state index is 12.7. The van der Waals surface area contributed by atoms with Crippen LogP contribution in [0.4, 0.5) is 0 Å². The molecular formula is C18H24N4O2. The summed E-state index contributed by atoms with van der Waals surface area (Å²) < 4.78 is 7.19. The van der Waals surface area contributed by atoms with E-state index in [1.807, 2.05) is 55.1 Å². The summed E-state index contributed by atoms with van der Waals surface area (Å²) in [6.07, 6.45) is 3.65. The van der Waals surface area contributed by atoms with Crippen LogP contribution in [-0.4, -0.2) is 52.4 Å². The molecule has 3 rings (SSSR count). The van der Waals surface area contributed by atoms with Crippen LogP contribution in [-0.2, 0) is 16.1 Å². The van der Waals surface area contributed by atoms with Gasteiger partial charge in [-0.25, -0.2) is 4.68 Å². The zero-order valence-corrected chi connectivity index (χ0v) is 14.2. The van der Waals surface area contributed by atoms with Crippen LogP contribution in [0.5, 0.6) is 0 Å². The van der Waals surface area contributed by atoms with Crippen molar-refractivity contribution in [2.45, 2.75) is 25.9 Å². The highest BCUT2D eigenvalue weighted by atomic mass is 16.5. The first-order chi connectivity index (χ1) is 11.6. The summed E-state index contributed by atoms with van der Waals surface area (Å²) >= 11 is 0. The van der Waals surface area contributed by atoms with Crippen molar-refractivity contribution in [1.29, 1.82) is 0 Å². The summed E-state index contributed by atoms with van der Waals surface area (Å²) in [5.41, 5.74) is 1.46. The van der Waals surface area contributed by atoms with E-state index in [9.17, 15) is 4.79 Å². The van der Waals surface area contributed by atoms with E-state index in [0.717, 1.165) is 24.3 Å². The first kappa shape index (κ1) is 16.7. The van der Waals surface area contributed by atoms with Gasteiger partial charge in [0.15, 0.2) is 0 Å². The Balaban J connectivity index is 1.68. The van der Waals surface area contributed by atoms with Gasteiger partial charge in [-0.1, -0.05) is 18.2 Å². The second-order valence-corrected chi connectivity index (χ2v) is 6.42. The van der Waals surface area contributed by atoms with E-state index >= 15 is 0 Å². The van der Waals surface area contributed by atoms with Crippen molar-refractivity contribution >= 4 is 5.91 Å². The molecule has 24 heavy (non-hydrogen) atoms. The Morgan fingerprint density at radius 3 is 2.71 bits per heavy atom. The van der Waals surface area contributed by atoms with Crippen molar-refractivity contribution in [1.82, 2.24) is 20.0 Å². The topological polar surface area (TPSA) is 59.4 Å². The molecule has 1 fully saturated rings. The number of benzene rings is 1. The second kappa shape index (κ2) is 7.15. The Morgan fingerprint density at radius 2 is 2.00 bits per heavy atom. The molecule has 0 unspecified atom stereocenters. The summed E-state index contributed by atoms with van der Waals surface area (Å²) in [6, 6.07) is 9.85. The molecule has 2 heterocycles. The number of para-hydroxylation sites is 1. The van der Waals surface area contributed by atoms with Crippen molar-refractivity contribution < 1.29 is 9.53 Å². The third-order valence-electron chi connectivity index (χ3n) is 4.54. The number of hydrogen-bond acceptors (Lipinski definition) is 4. The Labute approximate surface area is 142 Å². The van der Waals surface area contributed by atoms with Crippen molar-refractivity contribution in [2.75, 3.05) is 26.3 Å². The fraction of sp³-hybridized carbons (Fsp3) is 0.444. The molecule has 0 atom stereocenters. The highest BCUT2D eigenvalue weighted by molar-refractivity contribution is 5.85. The van der Waals surface area contributed by atoms with Crippen molar-refractivity contribution in [3.63, 3.8) is 0 Å². The van der Waals surface area contributed by atoms with Crippen LogP contribution in [0.3, 0.4) is 0 Å². The molecule has 0 spiro atoms. The summed E-state index contributed by atoms with van der Waals surface area (Å²) in [7, 11) is 0. The minimum absolute atomic E-state index is 0.0275. The highest BCUT2D eigenvalue weighted by Crippen LogP contribution is 2.18. The molecule has 2 aromatic rings. The minimum atomic E-state index is -0.551. The standard InChI is InChI=1S/C18H24N4O2/c1-18(2,21-10-12-24-13-11-21)17(23)19-14-15-6-3-4-7-16(15)22-9-5-8-20-22/h3-9H,10-14H2,1-2H3,(H,19,23). The minimum Gasteiger partial charge on any atom is -0.379 e. The SMILES string of the molecule is CC(C)(C(=O)NCc1ccccc1-n1cccn1)N1CCOCC1. The molecule has 6 nitrogen and oxygen atoms in total. The first-order valence-corrected chi connectivity index (χ1v) is 8.28. The molecule has 1 aromatic carbocycles. The van der Waals surface area contributed by atoms with Crippen molar-refractivity contribution in [3.8, 4) is 5.69 Å². The molecule has 6 heteroatoms. The van der Waals surface area contributed by atoms with E-state index in [2.05, 4.69) is 15.3 Å². The number of nitrogens with zero attached hydrogens (tertiary/aromatic N) is 3. The first-order valence-electron chi connectivity index (χ1n) is 8.28. The number of rotatable bonds is 5. The van der Waals surface area contributed by atoms with Crippen LogP contribution >= 0.6 is 0 Å². The average Bonchev–Trinajstić information content (AvgIpc) is 3.15. The van der Waals surface area contributed by atoms with E-state index in [1.54, 1.807) is 6.20 Å². The number of carbonyl (C=O) groups excluding carboxylic acids is 1. The number of hydrogen-bond donors (Lipinski definition) is 1. The number of carbonyl (C=O) groups is 1. The zero-order valence-electron chi connectivity index (χ0n) is 14.2. The Hall–Kier alpha value is -2.18. The summed E-state index contributed by atoms with van der Waals surface area (Å²) in [4.78, 5) is 14.9. The van der Waals surface area contributed by atoms with Gasteiger partial charge in [0.2, 0.25) is 5.91 Å². The molecule has 1 N–H and O–H groups in total. The number of ether oxygens (including phenoxy) is 1. The van der Waals surface area contributed by atoms with Gasteiger partial charge in [-0.3, -0.25) is 9.69 Å². The van der Waals surface area contributed by atoms with Gasteiger partial charge >= 0.3 is 0 Å². The summed E-state index contributed by atoms with van der Waals surface area (Å²) in [6.45, 7) is 7.33. The van der Waals surface area contributed by atoms with Crippen LogP contribution < -0.4 is 5.32 Å². The normalized spacial score (nSPS) is 16.1. The van der Waals surface area contributed by atoms with Crippen molar-refractivity contribution in [2.24, 2.45) is 0 Å². The van der Waals surface area contributed by atoms with Gasteiger partial charge < -0.3 is 10.1 Å². The molecule has 1 amide bonds. The molecule has 128 valence electrons. The van der Waals surface area contributed by atoms with E-state index < -0.39 is 5.54 Å². The zero-order chi connectivity index (χ0) is 17.0. The lowest BCUT2D eigenvalue weighted by Gasteiger charge is -2.39. The summed E-state index contributed by atoms with van der Waals surface area (Å²) in [5, 5.41) is 7.35. The Kier molecular flexibility index (Phi) is 4.97. The number of aromatic nitrogens is 2. The molecule has 1 saturated heterocycles. The van der Waals surface area contributed by atoms with Gasteiger partial charge in [-0.2, -0.15) is 5.10 Å². The maximum Gasteiger partial charge on any atom is 0.240 e.